The van der Waals surface area contributed by atoms with Crippen LogP contribution < -0.4 is 5.32 Å². The summed E-state index contributed by atoms with van der Waals surface area (Å²) in [6.07, 6.45) is 3.35. The average molecular weight is 205 g/mol. The second-order valence-electron chi connectivity index (χ2n) is 4.41. The van der Waals surface area contributed by atoms with Crippen molar-refractivity contribution >= 4 is 0 Å². The second-order valence-corrected chi connectivity index (χ2v) is 4.41. The van der Waals surface area contributed by atoms with Crippen LogP contribution in [0.4, 0.5) is 0 Å². The zero-order chi connectivity index (χ0) is 10.7. The number of aliphatic hydroxyl groups excluding tert-OH is 1. The predicted octanol–water partition coefficient (Wildman–Crippen LogP) is 2.03. The molecule has 2 rings (SSSR count). The smallest absolute Gasteiger partial charge is 0.0761 e. The minimum absolute atomic E-state index is 0.358. The van der Waals surface area contributed by atoms with Crippen molar-refractivity contribution in [1.29, 1.82) is 0 Å². The fourth-order valence-corrected chi connectivity index (χ4v) is 2.15. The van der Waals surface area contributed by atoms with Crippen molar-refractivity contribution in [2.75, 3.05) is 6.54 Å². The molecule has 2 N–H and O–H groups in total. The Kier molecular flexibility index (Phi) is 3.39. The molecule has 2 nitrogen and oxygen atoms in total. The van der Waals surface area contributed by atoms with Gasteiger partial charge in [0.2, 0.25) is 0 Å². The standard InChI is InChI=1S/C13H19NO/c1-10(15)12-6-4-11(5-7-12)9-13-3-2-8-14-13/h4-7,10,13-15H,2-3,8-9H2,1H3. The van der Waals surface area contributed by atoms with Gasteiger partial charge in [0.05, 0.1) is 6.10 Å². The van der Waals surface area contributed by atoms with Crippen molar-refractivity contribution < 1.29 is 5.11 Å². The highest BCUT2D eigenvalue weighted by atomic mass is 16.3. The topological polar surface area (TPSA) is 32.3 Å². The Bertz CT molecular complexity index is 299. The molecular weight excluding hydrogens is 186 g/mol. The third-order valence-electron chi connectivity index (χ3n) is 3.11. The van der Waals surface area contributed by atoms with Gasteiger partial charge in [-0.1, -0.05) is 24.3 Å². The van der Waals surface area contributed by atoms with Crippen LogP contribution in [0.3, 0.4) is 0 Å². The maximum atomic E-state index is 9.39. The Hall–Kier alpha value is -0.860. The van der Waals surface area contributed by atoms with Crippen LogP contribution in [0.25, 0.3) is 0 Å². The van der Waals surface area contributed by atoms with Gasteiger partial charge in [-0.3, -0.25) is 0 Å². The molecule has 1 aromatic rings. The Balaban J connectivity index is 1.97. The summed E-state index contributed by atoms with van der Waals surface area (Å²) in [5, 5.41) is 12.9. The summed E-state index contributed by atoms with van der Waals surface area (Å²) < 4.78 is 0. The second kappa shape index (κ2) is 4.77. The minimum Gasteiger partial charge on any atom is -0.389 e. The lowest BCUT2D eigenvalue weighted by atomic mass is 10.0. The molecule has 15 heavy (non-hydrogen) atoms. The molecule has 1 heterocycles. The van der Waals surface area contributed by atoms with E-state index >= 15 is 0 Å². The number of aliphatic hydroxyl groups is 1. The number of nitrogens with one attached hydrogen (secondary N) is 1. The number of hydrogen-bond donors (Lipinski definition) is 2. The summed E-state index contributed by atoms with van der Waals surface area (Å²) in [5.41, 5.74) is 2.36. The van der Waals surface area contributed by atoms with Crippen molar-refractivity contribution in [2.24, 2.45) is 0 Å². The quantitative estimate of drug-likeness (QED) is 0.791. The molecule has 2 atom stereocenters. The van der Waals surface area contributed by atoms with Gasteiger partial charge in [0.1, 0.15) is 0 Å². The average Bonchev–Trinajstić information content (AvgIpc) is 2.71. The van der Waals surface area contributed by atoms with Gasteiger partial charge in [-0.05, 0) is 43.9 Å². The Morgan fingerprint density at radius 3 is 2.67 bits per heavy atom. The van der Waals surface area contributed by atoms with Gasteiger partial charge in [-0.15, -0.1) is 0 Å². The van der Waals surface area contributed by atoms with E-state index in [-0.39, 0.29) is 6.10 Å². The third kappa shape index (κ3) is 2.80. The summed E-state index contributed by atoms with van der Waals surface area (Å²) in [6, 6.07) is 8.95. The molecule has 0 aliphatic carbocycles. The van der Waals surface area contributed by atoms with Gasteiger partial charge in [0, 0.05) is 6.04 Å². The number of benzene rings is 1. The lowest BCUT2D eigenvalue weighted by Gasteiger charge is -2.11. The molecule has 0 radical (unpaired) electrons. The summed E-state index contributed by atoms with van der Waals surface area (Å²) >= 11 is 0. The van der Waals surface area contributed by atoms with Crippen LogP contribution in [-0.4, -0.2) is 17.7 Å². The first-order valence-electron chi connectivity index (χ1n) is 5.76. The van der Waals surface area contributed by atoms with E-state index in [9.17, 15) is 5.11 Å². The first kappa shape index (κ1) is 10.7. The van der Waals surface area contributed by atoms with E-state index in [2.05, 4.69) is 17.4 Å². The van der Waals surface area contributed by atoms with Crippen molar-refractivity contribution in [3.63, 3.8) is 0 Å². The molecule has 0 bridgehead atoms. The summed E-state index contributed by atoms with van der Waals surface area (Å²) in [4.78, 5) is 0. The maximum Gasteiger partial charge on any atom is 0.0761 e. The Morgan fingerprint density at radius 1 is 1.40 bits per heavy atom. The Labute approximate surface area is 91.3 Å². The molecule has 1 fully saturated rings. The molecule has 1 aliphatic heterocycles. The normalized spacial score (nSPS) is 22.9. The molecule has 0 spiro atoms. The van der Waals surface area contributed by atoms with Crippen LogP contribution in [0.5, 0.6) is 0 Å². The monoisotopic (exact) mass is 205 g/mol. The van der Waals surface area contributed by atoms with Crippen molar-refractivity contribution in [3.8, 4) is 0 Å². The molecule has 82 valence electrons. The van der Waals surface area contributed by atoms with Crippen molar-refractivity contribution in [3.05, 3.63) is 35.4 Å². The molecule has 2 unspecified atom stereocenters. The van der Waals surface area contributed by atoms with E-state index in [1.165, 1.54) is 18.4 Å². The summed E-state index contributed by atoms with van der Waals surface area (Å²) in [6.45, 7) is 2.96. The molecular formula is C13H19NO. The summed E-state index contributed by atoms with van der Waals surface area (Å²) in [7, 11) is 0. The predicted molar refractivity (Wildman–Crippen MR) is 61.8 cm³/mol. The fourth-order valence-electron chi connectivity index (χ4n) is 2.15. The summed E-state index contributed by atoms with van der Waals surface area (Å²) in [5.74, 6) is 0. The van der Waals surface area contributed by atoms with Crippen LogP contribution in [0.1, 0.15) is 37.0 Å². The van der Waals surface area contributed by atoms with Gasteiger partial charge >= 0.3 is 0 Å². The van der Waals surface area contributed by atoms with Gasteiger partial charge in [-0.25, -0.2) is 0 Å². The molecule has 0 aromatic heterocycles. The van der Waals surface area contributed by atoms with Gasteiger partial charge in [0.15, 0.2) is 0 Å². The lowest BCUT2D eigenvalue weighted by molar-refractivity contribution is 0.199. The first-order valence-corrected chi connectivity index (χ1v) is 5.76. The highest BCUT2D eigenvalue weighted by Gasteiger charge is 2.14. The van der Waals surface area contributed by atoms with Gasteiger partial charge < -0.3 is 10.4 Å². The molecule has 2 heteroatoms. The highest BCUT2D eigenvalue weighted by molar-refractivity contribution is 5.24. The van der Waals surface area contributed by atoms with E-state index in [0.717, 1.165) is 18.5 Å². The highest BCUT2D eigenvalue weighted by Crippen LogP contribution is 2.16. The van der Waals surface area contributed by atoms with E-state index in [4.69, 9.17) is 0 Å². The van der Waals surface area contributed by atoms with E-state index in [0.29, 0.717) is 6.04 Å². The van der Waals surface area contributed by atoms with E-state index < -0.39 is 0 Å². The molecule has 1 aliphatic rings. The zero-order valence-electron chi connectivity index (χ0n) is 9.24. The lowest BCUT2D eigenvalue weighted by Crippen LogP contribution is -2.23. The number of rotatable bonds is 3. The Morgan fingerprint density at radius 2 is 2.13 bits per heavy atom. The van der Waals surface area contributed by atoms with Crippen LogP contribution in [0.2, 0.25) is 0 Å². The molecule has 0 saturated carbocycles. The zero-order valence-corrected chi connectivity index (χ0v) is 9.24. The first-order chi connectivity index (χ1) is 7.25. The maximum absolute atomic E-state index is 9.39. The SMILES string of the molecule is CC(O)c1ccc(CC2CCCN2)cc1. The van der Waals surface area contributed by atoms with Crippen LogP contribution in [0.15, 0.2) is 24.3 Å². The van der Waals surface area contributed by atoms with Crippen LogP contribution >= 0.6 is 0 Å². The van der Waals surface area contributed by atoms with Crippen LogP contribution in [0, 0.1) is 0 Å². The van der Waals surface area contributed by atoms with Gasteiger partial charge in [-0.2, -0.15) is 0 Å². The minimum atomic E-state index is -0.358. The molecule has 1 aromatic carbocycles. The largest absolute Gasteiger partial charge is 0.389 e. The van der Waals surface area contributed by atoms with E-state index in [1.807, 2.05) is 12.1 Å². The molecule has 0 amide bonds. The van der Waals surface area contributed by atoms with Crippen molar-refractivity contribution in [1.82, 2.24) is 5.32 Å². The van der Waals surface area contributed by atoms with Crippen LogP contribution in [-0.2, 0) is 6.42 Å². The third-order valence-corrected chi connectivity index (χ3v) is 3.11. The molecule has 1 saturated heterocycles. The van der Waals surface area contributed by atoms with E-state index in [1.54, 1.807) is 6.92 Å². The van der Waals surface area contributed by atoms with Crippen molar-refractivity contribution in [2.45, 2.75) is 38.3 Å². The fraction of sp³-hybridized carbons (Fsp3) is 0.538. The number of hydrogen-bond acceptors (Lipinski definition) is 2. The van der Waals surface area contributed by atoms with Gasteiger partial charge in [0.25, 0.3) is 0 Å².